The highest BCUT2D eigenvalue weighted by Gasteiger charge is 2.29. The van der Waals surface area contributed by atoms with Crippen LogP contribution in [0.2, 0.25) is 0 Å². The summed E-state index contributed by atoms with van der Waals surface area (Å²) >= 11 is 3.24. The van der Waals surface area contributed by atoms with Gasteiger partial charge in [-0.05, 0) is 30.5 Å². The molecular formula is C19H18N2OS2. The van der Waals surface area contributed by atoms with E-state index < -0.39 is 0 Å². The van der Waals surface area contributed by atoms with Crippen LogP contribution in [0.15, 0.2) is 58.9 Å². The number of thiazole rings is 1. The second kappa shape index (κ2) is 6.95. The van der Waals surface area contributed by atoms with Crippen molar-refractivity contribution in [3.05, 3.63) is 60.2 Å². The second-order valence-electron chi connectivity index (χ2n) is 5.89. The zero-order valence-electron chi connectivity index (χ0n) is 13.2. The Labute approximate surface area is 149 Å². The van der Waals surface area contributed by atoms with E-state index in [4.69, 9.17) is 4.98 Å². The minimum atomic E-state index is -0.218. The maximum absolute atomic E-state index is 13.0. The number of hydrogen-bond acceptors (Lipinski definition) is 4. The number of hydrogen-bond donors (Lipinski definition) is 0. The molecule has 0 unspecified atom stereocenters. The van der Waals surface area contributed by atoms with E-state index in [-0.39, 0.29) is 11.2 Å². The molecule has 1 fully saturated rings. The standard InChI is InChI=1S/C19H18N2OS2/c22-18(21-12-6-7-13-21)17(14-8-2-1-3-9-14)24-19-20-15-10-4-5-11-16(15)23-19/h1-5,8-11,17H,6-7,12-13H2/t17-/m0/s1. The quantitative estimate of drug-likeness (QED) is 0.634. The fourth-order valence-corrected chi connectivity index (χ4v) is 5.34. The molecule has 2 heterocycles. The van der Waals surface area contributed by atoms with Crippen LogP contribution in [0.5, 0.6) is 0 Å². The fourth-order valence-electron chi connectivity index (χ4n) is 2.99. The number of benzene rings is 2. The van der Waals surface area contributed by atoms with Crippen molar-refractivity contribution < 1.29 is 4.79 Å². The van der Waals surface area contributed by atoms with Gasteiger partial charge >= 0.3 is 0 Å². The van der Waals surface area contributed by atoms with Crippen molar-refractivity contribution in [1.29, 1.82) is 0 Å². The number of carbonyl (C=O) groups is 1. The molecule has 0 bridgehead atoms. The van der Waals surface area contributed by atoms with Crippen LogP contribution >= 0.6 is 23.1 Å². The molecule has 3 nitrogen and oxygen atoms in total. The molecule has 1 aliphatic rings. The Morgan fingerprint density at radius 2 is 1.75 bits per heavy atom. The minimum absolute atomic E-state index is 0.211. The molecule has 0 saturated carbocycles. The molecule has 1 amide bonds. The molecule has 0 N–H and O–H groups in total. The third-order valence-corrected chi connectivity index (χ3v) is 6.61. The maximum Gasteiger partial charge on any atom is 0.240 e. The topological polar surface area (TPSA) is 33.2 Å². The van der Waals surface area contributed by atoms with Crippen LogP contribution in [-0.2, 0) is 4.79 Å². The largest absolute Gasteiger partial charge is 0.341 e. The number of thioether (sulfide) groups is 1. The van der Waals surface area contributed by atoms with Gasteiger partial charge in [-0.2, -0.15) is 0 Å². The Bertz CT molecular complexity index is 808. The number of likely N-dealkylation sites (tertiary alicyclic amines) is 1. The summed E-state index contributed by atoms with van der Waals surface area (Å²) in [5, 5.41) is -0.218. The SMILES string of the molecule is O=C([C@@H](Sc1nc2ccccc2s1)c1ccccc1)N1CCCC1. The number of amides is 1. The lowest BCUT2D eigenvalue weighted by Crippen LogP contribution is -2.31. The van der Waals surface area contributed by atoms with Crippen LogP contribution in [0.4, 0.5) is 0 Å². The van der Waals surface area contributed by atoms with Gasteiger partial charge in [-0.1, -0.05) is 54.2 Å². The first-order chi connectivity index (χ1) is 11.8. The summed E-state index contributed by atoms with van der Waals surface area (Å²) in [7, 11) is 0. The average Bonchev–Trinajstić information content (AvgIpc) is 3.29. The highest BCUT2D eigenvalue weighted by molar-refractivity contribution is 8.02. The molecule has 0 spiro atoms. The first-order valence-electron chi connectivity index (χ1n) is 8.17. The highest BCUT2D eigenvalue weighted by atomic mass is 32.2. The van der Waals surface area contributed by atoms with Gasteiger partial charge in [0, 0.05) is 13.1 Å². The average molecular weight is 355 g/mol. The molecule has 1 aromatic heterocycles. The van der Waals surface area contributed by atoms with Gasteiger partial charge in [-0.3, -0.25) is 4.79 Å². The Hall–Kier alpha value is -1.85. The Morgan fingerprint density at radius 3 is 2.50 bits per heavy atom. The molecular weight excluding hydrogens is 336 g/mol. The molecule has 24 heavy (non-hydrogen) atoms. The summed E-state index contributed by atoms with van der Waals surface area (Å²) in [5.74, 6) is 0.211. The van der Waals surface area contributed by atoms with Crippen molar-refractivity contribution >= 4 is 39.2 Å². The lowest BCUT2D eigenvalue weighted by atomic mass is 10.1. The minimum Gasteiger partial charge on any atom is -0.341 e. The molecule has 1 atom stereocenters. The molecule has 2 aromatic carbocycles. The Balaban J connectivity index is 1.65. The molecule has 1 aliphatic heterocycles. The summed E-state index contributed by atoms with van der Waals surface area (Å²) in [6, 6.07) is 18.2. The van der Waals surface area contributed by atoms with Gasteiger partial charge in [0.1, 0.15) is 5.25 Å². The second-order valence-corrected chi connectivity index (χ2v) is 8.27. The van der Waals surface area contributed by atoms with Crippen molar-refractivity contribution in [1.82, 2.24) is 9.88 Å². The maximum atomic E-state index is 13.0. The van der Waals surface area contributed by atoms with Gasteiger partial charge < -0.3 is 4.90 Å². The van der Waals surface area contributed by atoms with E-state index in [0.29, 0.717) is 0 Å². The van der Waals surface area contributed by atoms with E-state index in [1.807, 2.05) is 53.4 Å². The molecule has 4 rings (SSSR count). The molecule has 3 aromatic rings. The summed E-state index contributed by atoms with van der Waals surface area (Å²) in [6.07, 6.45) is 2.22. The number of carbonyl (C=O) groups excluding carboxylic acids is 1. The van der Waals surface area contributed by atoms with Crippen LogP contribution in [0.25, 0.3) is 10.2 Å². The Morgan fingerprint density at radius 1 is 1.04 bits per heavy atom. The fraction of sp³-hybridized carbons (Fsp3) is 0.263. The van der Waals surface area contributed by atoms with Crippen LogP contribution in [0.1, 0.15) is 23.7 Å². The van der Waals surface area contributed by atoms with E-state index >= 15 is 0 Å². The van der Waals surface area contributed by atoms with Crippen molar-refractivity contribution in [2.24, 2.45) is 0 Å². The first kappa shape index (κ1) is 15.7. The number of para-hydroxylation sites is 1. The normalized spacial score (nSPS) is 15.8. The van der Waals surface area contributed by atoms with Crippen molar-refractivity contribution in [3.63, 3.8) is 0 Å². The third kappa shape index (κ3) is 3.19. The predicted molar refractivity (Wildman–Crippen MR) is 100 cm³/mol. The summed E-state index contributed by atoms with van der Waals surface area (Å²) < 4.78 is 2.12. The number of fused-ring (bicyclic) bond motifs is 1. The van der Waals surface area contributed by atoms with Gasteiger partial charge in [0.05, 0.1) is 10.2 Å². The van der Waals surface area contributed by atoms with Crippen LogP contribution in [0.3, 0.4) is 0 Å². The molecule has 122 valence electrons. The van der Waals surface area contributed by atoms with Gasteiger partial charge in [0.25, 0.3) is 0 Å². The lowest BCUT2D eigenvalue weighted by molar-refractivity contribution is -0.129. The third-order valence-electron chi connectivity index (χ3n) is 4.24. The van der Waals surface area contributed by atoms with E-state index in [1.54, 1.807) is 23.1 Å². The summed E-state index contributed by atoms with van der Waals surface area (Å²) in [6.45, 7) is 1.76. The monoisotopic (exact) mass is 354 g/mol. The lowest BCUT2D eigenvalue weighted by Gasteiger charge is -2.22. The van der Waals surface area contributed by atoms with Crippen LogP contribution < -0.4 is 0 Å². The molecule has 0 aliphatic carbocycles. The first-order valence-corrected chi connectivity index (χ1v) is 9.87. The van der Waals surface area contributed by atoms with Crippen molar-refractivity contribution in [2.45, 2.75) is 22.4 Å². The summed E-state index contributed by atoms with van der Waals surface area (Å²) in [5.41, 5.74) is 2.06. The zero-order valence-corrected chi connectivity index (χ0v) is 14.9. The van der Waals surface area contributed by atoms with Crippen LogP contribution in [-0.4, -0.2) is 28.9 Å². The smallest absolute Gasteiger partial charge is 0.240 e. The number of nitrogens with zero attached hydrogens (tertiary/aromatic N) is 2. The van der Waals surface area contributed by atoms with Gasteiger partial charge in [-0.25, -0.2) is 4.98 Å². The van der Waals surface area contributed by atoms with E-state index in [1.165, 1.54) is 4.70 Å². The van der Waals surface area contributed by atoms with E-state index in [0.717, 1.165) is 41.4 Å². The van der Waals surface area contributed by atoms with Gasteiger partial charge in [0.2, 0.25) is 5.91 Å². The zero-order chi connectivity index (χ0) is 16.4. The summed E-state index contributed by atoms with van der Waals surface area (Å²) in [4.78, 5) is 19.7. The molecule has 1 saturated heterocycles. The number of aromatic nitrogens is 1. The molecule has 5 heteroatoms. The number of rotatable bonds is 4. The van der Waals surface area contributed by atoms with Crippen molar-refractivity contribution in [3.8, 4) is 0 Å². The predicted octanol–water partition coefficient (Wildman–Crippen LogP) is 4.75. The van der Waals surface area contributed by atoms with Crippen LogP contribution in [0, 0.1) is 0 Å². The van der Waals surface area contributed by atoms with Gasteiger partial charge in [0.15, 0.2) is 4.34 Å². The van der Waals surface area contributed by atoms with Crippen molar-refractivity contribution in [2.75, 3.05) is 13.1 Å². The Kier molecular flexibility index (Phi) is 4.54. The highest BCUT2D eigenvalue weighted by Crippen LogP contribution is 2.40. The van der Waals surface area contributed by atoms with E-state index in [2.05, 4.69) is 6.07 Å². The molecule has 0 radical (unpaired) electrons. The van der Waals surface area contributed by atoms with E-state index in [9.17, 15) is 4.79 Å². The van der Waals surface area contributed by atoms with Gasteiger partial charge in [-0.15, -0.1) is 11.3 Å².